The van der Waals surface area contributed by atoms with Crippen molar-refractivity contribution in [3.63, 3.8) is 0 Å². The Hall–Kier alpha value is -2.53. The first-order valence-electron chi connectivity index (χ1n) is 7.95. The van der Waals surface area contributed by atoms with E-state index in [0.717, 1.165) is 5.69 Å². The summed E-state index contributed by atoms with van der Waals surface area (Å²) >= 11 is 5.82. The van der Waals surface area contributed by atoms with Gasteiger partial charge >= 0.3 is 0 Å². The minimum atomic E-state index is -0.484. The first-order valence-corrected chi connectivity index (χ1v) is 8.33. The SMILES string of the molecule is CC(C)(C)C(=O)Nc1cccc(NC(=O)CNc2ccc(Cl)cc2)c1. The highest BCUT2D eigenvalue weighted by Crippen LogP contribution is 2.20. The molecule has 0 fully saturated rings. The number of carbonyl (C=O) groups is 2. The topological polar surface area (TPSA) is 70.2 Å². The van der Waals surface area contributed by atoms with Gasteiger partial charge in [-0.3, -0.25) is 9.59 Å². The second-order valence-corrected chi connectivity index (χ2v) is 7.13. The van der Waals surface area contributed by atoms with Crippen LogP contribution in [0.25, 0.3) is 0 Å². The Morgan fingerprint density at radius 3 is 2.12 bits per heavy atom. The fourth-order valence-electron chi connectivity index (χ4n) is 1.95. The third-order valence-electron chi connectivity index (χ3n) is 3.38. The predicted octanol–water partition coefficient (Wildman–Crippen LogP) is 4.38. The van der Waals surface area contributed by atoms with Crippen LogP contribution in [0.3, 0.4) is 0 Å². The lowest BCUT2D eigenvalue weighted by Gasteiger charge is -2.18. The Balaban J connectivity index is 1.91. The lowest BCUT2D eigenvalue weighted by Crippen LogP contribution is -2.27. The highest BCUT2D eigenvalue weighted by molar-refractivity contribution is 6.30. The van der Waals surface area contributed by atoms with Crippen molar-refractivity contribution in [3.05, 3.63) is 53.6 Å². The van der Waals surface area contributed by atoms with E-state index in [0.29, 0.717) is 16.4 Å². The molecule has 0 saturated heterocycles. The molecule has 0 radical (unpaired) electrons. The first kappa shape index (κ1) is 18.8. The average molecular weight is 360 g/mol. The minimum Gasteiger partial charge on any atom is -0.376 e. The van der Waals surface area contributed by atoms with Crippen molar-refractivity contribution in [3.8, 4) is 0 Å². The van der Waals surface area contributed by atoms with E-state index >= 15 is 0 Å². The first-order chi connectivity index (χ1) is 11.7. The second kappa shape index (κ2) is 8.03. The predicted molar refractivity (Wildman–Crippen MR) is 103 cm³/mol. The fraction of sp³-hybridized carbons (Fsp3) is 0.263. The van der Waals surface area contributed by atoms with Crippen LogP contribution < -0.4 is 16.0 Å². The lowest BCUT2D eigenvalue weighted by molar-refractivity contribution is -0.123. The number of nitrogens with one attached hydrogen (secondary N) is 3. The van der Waals surface area contributed by atoms with E-state index in [1.54, 1.807) is 48.5 Å². The number of rotatable bonds is 5. The third kappa shape index (κ3) is 6.12. The molecule has 0 heterocycles. The van der Waals surface area contributed by atoms with Gasteiger partial charge < -0.3 is 16.0 Å². The number of carbonyl (C=O) groups excluding carboxylic acids is 2. The zero-order valence-corrected chi connectivity index (χ0v) is 15.3. The Labute approximate surface area is 152 Å². The molecule has 132 valence electrons. The van der Waals surface area contributed by atoms with Crippen molar-refractivity contribution >= 4 is 40.5 Å². The maximum atomic E-state index is 12.1. The number of halogens is 1. The normalized spacial score (nSPS) is 10.9. The Morgan fingerprint density at radius 1 is 0.920 bits per heavy atom. The van der Waals surface area contributed by atoms with Crippen LogP contribution in [0.2, 0.25) is 5.02 Å². The highest BCUT2D eigenvalue weighted by Gasteiger charge is 2.21. The van der Waals surface area contributed by atoms with Crippen molar-refractivity contribution in [2.24, 2.45) is 5.41 Å². The van der Waals surface area contributed by atoms with Gasteiger partial charge in [-0.2, -0.15) is 0 Å². The van der Waals surface area contributed by atoms with Gasteiger partial charge in [-0.25, -0.2) is 0 Å². The van der Waals surface area contributed by atoms with E-state index in [1.165, 1.54) is 0 Å². The quantitative estimate of drug-likeness (QED) is 0.742. The average Bonchev–Trinajstić information content (AvgIpc) is 2.54. The van der Waals surface area contributed by atoms with Crippen molar-refractivity contribution in [2.45, 2.75) is 20.8 Å². The van der Waals surface area contributed by atoms with Crippen LogP contribution in [0.1, 0.15) is 20.8 Å². The number of anilines is 3. The molecule has 2 rings (SSSR count). The lowest BCUT2D eigenvalue weighted by atomic mass is 9.95. The standard InChI is InChI=1S/C19H22ClN3O2/c1-19(2,3)18(25)23-16-6-4-5-15(11-16)22-17(24)12-21-14-9-7-13(20)8-10-14/h4-11,21H,12H2,1-3H3,(H,22,24)(H,23,25). The van der Waals surface area contributed by atoms with Gasteiger partial charge in [0.2, 0.25) is 11.8 Å². The van der Waals surface area contributed by atoms with Gasteiger partial charge in [-0.15, -0.1) is 0 Å². The molecule has 0 atom stereocenters. The van der Waals surface area contributed by atoms with Crippen LogP contribution in [0.5, 0.6) is 0 Å². The molecule has 0 bridgehead atoms. The summed E-state index contributed by atoms with van der Waals surface area (Å²) in [6.45, 7) is 5.66. The molecule has 6 heteroatoms. The molecular formula is C19H22ClN3O2. The van der Waals surface area contributed by atoms with Crippen LogP contribution in [0.4, 0.5) is 17.1 Å². The summed E-state index contributed by atoms with van der Waals surface area (Å²) < 4.78 is 0. The second-order valence-electron chi connectivity index (χ2n) is 6.69. The summed E-state index contributed by atoms with van der Waals surface area (Å²) in [5, 5.41) is 9.30. The number of hydrogen-bond donors (Lipinski definition) is 3. The van der Waals surface area contributed by atoms with Crippen LogP contribution >= 0.6 is 11.6 Å². The van der Waals surface area contributed by atoms with Crippen LogP contribution in [0.15, 0.2) is 48.5 Å². The fourth-order valence-corrected chi connectivity index (χ4v) is 2.07. The van der Waals surface area contributed by atoms with Crippen LogP contribution in [-0.4, -0.2) is 18.4 Å². The van der Waals surface area contributed by atoms with E-state index in [1.807, 2.05) is 20.8 Å². The summed E-state index contributed by atoms with van der Waals surface area (Å²) in [7, 11) is 0. The van der Waals surface area contributed by atoms with Gasteiger partial charge in [-0.05, 0) is 42.5 Å². The molecular weight excluding hydrogens is 338 g/mol. The highest BCUT2D eigenvalue weighted by atomic mass is 35.5. The van der Waals surface area contributed by atoms with Gasteiger partial charge in [0.15, 0.2) is 0 Å². The molecule has 0 aliphatic rings. The molecule has 2 amide bonds. The maximum Gasteiger partial charge on any atom is 0.243 e. The molecule has 2 aromatic carbocycles. The molecule has 0 aliphatic heterocycles. The molecule has 25 heavy (non-hydrogen) atoms. The minimum absolute atomic E-state index is 0.0830. The Bertz CT molecular complexity index is 752. The van der Waals surface area contributed by atoms with Gasteiger partial charge in [0.25, 0.3) is 0 Å². The van der Waals surface area contributed by atoms with Crippen molar-refractivity contribution in [1.82, 2.24) is 0 Å². The Morgan fingerprint density at radius 2 is 1.52 bits per heavy atom. The van der Waals surface area contributed by atoms with Gasteiger partial charge in [0, 0.05) is 27.5 Å². The molecule has 0 spiro atoms. The van der Waals surface area contributed by atoms with Gasteiger partial charge in [-0.1, -0.05) is 38.4 Å². The molecule has 0 aromatic heterocycles. The van der Waals surface area contributed by atoms with Crippen LogP contribution in [0, 0.1) is 5.41 Å². The molecule has 0 saturated carbocycles. The van der Waals surface area contributed by atoms with E-state index in [4.69, 9.17) is 11.6 Å². The summed E-state index contributed by atoms with van der Waals surface area (Å²) in [6, 6.07) is 14.2. The zero-order valence-electron chi connectivity index (χ0n) is 14.5. The molecule has 5 nitrogen and oxygen atoms in total. The van der Waals surface area contributed by atoms with Gasteiger partial charge in [0.1, 0.15) is 0 Å². The van der Waals surface area contributed by atoms with E-state index in [-0.39, 0.29) is 18.4 Å². The van der Waals surface area contributed by atoms with E-state index in [2.05, 4.69) is 16.0 Å². The number of benzene rings is 2. The zero-order chi connectivity index (χ0) is 18.4. The van der Waals surface area contributed by atoms with E-state index in [9.17, 15) is 9.59 Å². The maximum absolute atomic E-state index is 12.1. The van der Waals surface area contributed by atoms with Crippen LogP contribution in [-0.2, 0) is 9.59 Å². The number of hydrogen-bond acceptors (Lipinski definition) is 3. The molecule has 0 unspecified atom stereocenters. The summed E-state index contributed by atoms with van der Waals surface area (Å²) in [5.41, 5.74) is 1.59. The largest absolute Gasteiger partial charge is 0.376 e. The smallest absolute Gasteiger partial charge is 0.243 e. The summed E-state index contributed by atoms with van der Waals surface area (Å²) in [4.78, 5) is 24.1. The monoisotopic (exact) mass is 359 g/mol. The van der Waals surface area contributed by atoms with Crippen molar-refractivity contribution in [2.75, 3.05) is 22.5 Å². The Kier molecular flexibility index (Phi) is 6.04. The molecule has 0 aliphatic carbocycles. The summed E-state index contributed by atoms with van der Waals surface area (Å²) in [5.74, 6) is -0.269. The van der Waals surface area contributed by atoms with Crippen molar-refractivity contribution < 1.29 is 9.59 Å². The molecule has 3 N–H and O–H groups in total. The van der Waals surface area contributed by atoms with Crippen molar-refractivity contribution in [1.29, 1.82) is 0 Å². The van der Waals surface area contributed by atoms with E-state index < -0.39 is 5.41 Å². The number of amides is 2. The molecule has 2 aromatic rings. The van der Waals surface area contributed by atoms with Gasteiger partial charge in [0.05, 0.1) is 6.54 Å². The summed E-state index contributed by atoms with van der Waals surface area (Å²) in [6.07, 6.45) is 0. The third-order valence-corrected chi connectivity index (χ3v) is 3.63.